The number of carboxylic acid groups (broad SMARTS) is 1. The van der Waals surface area contributed by atoms with E-state index in [2.05, 4.69) is 58.8 Å². The molecule has 11 nitrogen and oxygen atoms in total. The van der Waals surface area contributed by atoms with Crippen LogP contribution in [0.5, 0.6) is 0 Å². The Morgan fingerprint density at radius 1 is 0.738 bits per heavy atom. The third-order valence-electron chi connectivity index (χ3n) is 19.3. The van der Waals surface area contributed by atoms with Gasteiger partial charge in [-0.15, -0.1) is 0 Å². The van der Waals surface area contributed by atoms with E-state index in [9.17, 15) is 29.1 Å². The first-order chi connectivity index (χ1) is 30.2. The van der Waals surface area contributed by atoms with Crippen LogP contribution in [-0.2, 0) is 28.7 Å². The molecule has 6 aliphatic rings. The molecule has 3 amide bonds. The number of carbonyl (C=O) groups excluding carboxylic acids is 4. The van der Waals surface area contributed by atoms with Gasteiger partial charge in [-0.3, -0.25) is 24.1 Å². The van der Waals surface area contributed by atoms with E-state index in [1.807, 2.05) is 20.8 Å². The predicted molar refractivity (Wildman–Crippen MR) is 255 cm³/mol. The molecule has 0 spiro atoms. The van der Waals surface area contributed by atoms with E-state index in [4.69, 9.17) is 9.47 Å². The Morgan fingerprint density at radius 2 is 1.38 bits per heavy atom. The molecule has 368 valence electrons. The van der Waals surface area contributed by atoms with E-state index in [1.54, 1.807) is 18.7 Å². The molecule has 5 aliphatic carbocycles. The van der Waals surface area contributed by atoms with Crippen LogP contribution >= 0.6 is 0 Å². The zero-order valence-electron chi connectivity index (χ0n) is 42.6. The van der Waals surface area contributed by atoms with Crippen molar-refractivity contribution in [2.24, 2.45) is 62.1 Å². The van der Waals surface area contributed by atoms with Gasteiger partial charge in [0.05, 0.1) is 17.3 Å². The van der Waals surface area contributed by atoms with Crippen molar-refractivity contribution in [1.82, 2.24) is 15.5 Å². The van der Waals surface area contributed by atoms with Crippen LogP contribution in [0.4, 0.5) is 4.79 Å². The zero-order valence-corrected chi connectivity index (χ0v) is 42.6. The Kier molecular flexibility index (Phi) is 15.1. The van der Waals surface area contributed by atoms with Gasteiger partial charge in [0.15, 0.2) is 0 Å². The number of nitrogens with one attached hydrogen (secondary N) is 2. The second kappa shape index (κ2) is 19.1. The number of aliphatic carboxylic acids is 1. The summed E-state index contributed by atoms with van der Waals surface area (Å²) in [5.41, 5.74) is -0.760. The summed E-state index contributed by atoms with van der Waals surface area (Å²) in [5, 5.41) is 16.2. The molecule has 65 heavy (non-hydrogen) atoms. The number of esters is 1. The number of nitrogens with zero attached hydrogens (tertiary/aromatic N) is 1. The number of fused-ring (bicyclic) bond motifs is 7. The van der Waals surface area contributed by atoms with Gasteiger partial charge in [0, 0.05) is 25.0 Å². The van der Waals surface area contributed by atoms with Gasteiger partial charge < -0.3 is 25.2 Å². The number of rotatable bonds is 16. The first kappa shape index (κ1) is 51.3. The van der Waals surface area contributed by atoms with Gasteiger partial charge in [-0.25, -0.2) is 4.79 Å². The lowest BCUT2D eigenvalue weighted by Gasteiger charge is -2.72. The molecule has 11 atom stereocenters. The van der Waals surface area contributed by atoms with Crippen LogP contribution in [-0.4, -0.2) is 77.2 Å². The van der Waals surface area contributed by atoms with Crippen LogP contribution in [0, 0.1) is 62.1 Å². The maximum atomic E-state index is 14.6. The molecule has 3 N–H and O–H groups in total. The van der Waals surface area contributed by atoms with Crippen molar-refractivity contribution >= 4 is 29.8 Å². The lowest BCUT2D eigenvalue weighted by molar-refractivity contribution is -0.249. The minimum absolute atomic E-state index is 0.0868. The average Bonchev–Trinajstić information content (AvgIpc) is 3.86. The number of hydrogen-bond donors (Lipinski definition) is 3. The van der Waals surface area contributed by atoms with Gasteiger partial charge in [0.25, 0.3) is 0 Å². The molecule has 1 saturated heterocycles. The van der Waals surface area contributed by atoms with Gasteiger partial charge in [0.1, 0.15) is 17.7 Å². The fraction of sp³-hybridized carbons (Fsp3) is 0.870. The number of allylic oxidation sites excluding steroid dienone is 1. The predicted octanol–water partition coefficient (Wildman–Crippen LogP) is 11.0. The Hall–Kier alpha value is -3.11. The van der Waals surface area contributed by atoms with E-state index in [0.29, 0.717) is 55.6 Å². The molecule has 6 rings (SSSR count). The standard InChI is InChI=1S/C54H89N3O8/c1-35(2)36-23-28-54(45(60)56-32-18-16-14-13-15-17-31-55-44(59)38-20-19-33-57(38)47(63)65-48(3,4)5)30-29-52(11)37(43(36)54)21-22-40-51(10)26-25-41(64-42(58)34-49(6,7)46(61)62)50(8,9)39(51)24-27-53(40,52)12/h36-41,43H,1,13-34H2,2-12H3,(H,55,59)(H,56,60)(H,61,62)/t36-,37+,38?,39-,40+,41-,43+,51-,52+,53+,54-/m0/s1. The van der Waals surface area contributed by atoms with Crippen LogP contribution in [0.3, 0.4) is 0 Å². The van der Waals surface area contributed by atoms with Gasteiger partial charge in [-0.1, -0.05) is 72.5 Å². The number of hydrogen-bond acceptors (Lipinski definition) is 7. The Labute approximate surface area is 392 Å². The van der Waals surface area contributed by atoms with Crippen molar-refractivity contribution in [3.63, 3.8) is 0 Å². The van der Waals surface area contributed by atoms with Crippen molar-refractivity contribution < 1.29 is 38.6 Å². The van der Waals surface area contributed by atoms with E-state index < -0.39 is 35.1 Å². The third kappa shape index (κ3) is 9.79. The highest BCUT2D eigenvalue weighted by Crippen LogP contribution is 2.77. The molecule has 1 heterocycles. The first-order valence-electron chi connectivity index (χ1n) is 25.9. The molecule has 11 heteroatoms. The summed E-state index contributed by atoms with van der Waals surface area (Å²) in [5.74, 6) is 0.853. The van der Waals surface area contributed by atoms with Crippen molar-refractivity contribution in [3.8, 4) is 0 Å². The molecule has 0 radical (unpaired) electrons. The van der Waals surface area contributed by atoms with Gasteiger partial charge in [-0.2, -0.15) is 0 Å². The molecule has 5 saturated carbocycles. The molecule has 0 aromatic rings. The zero-order chi connectivity index (χ0) is 48.0. The molecule has 0 aromatic heterocycles. The van der Waals surface area contributed by atoms with Crippen molar-refractivity contribution in [1.29, 1.82) is 0 Å². The van der Waals surface area contributed by atoms with Crippen LogP contribution in [0.2, 0.25) is 0 Å². The minimum atomic E-state index is -1.16. The SMILES string of the molecule is C=C(C)[C@@H]1CC[C@]2(C(=O)NCCCCCCCCNC(=O)C3CCCN3C(=O)OC(C)(C)C)CC[C@]3(C)[C@H](CC[C@@H]4[C@@]5(C)CC[C@H](OC(=O)CC(C)(C)C(=O)O)C(C)(C)[C@@H]5CC[C@]43C)[C@@H]12. The van der Waals surface area contributed by atoms with Gasteiger partial charge >= 0.3 is 18.0 Å². The Balaban J connectivity index is 1.00. The number of carboxylic acids is 1. The van der Waals surface area contributed by atoms with Crippen molar-refractivity contribution in [2.75, 3.05) is 19.6 Å². The highest BCUT2D eigenvalue weighted by molar-refractivity contribution is 5.86. The number of amides is 3. The first-order valence-corrected chi connectivity index (χ1v) is 25.9. The minimum Gasteiger partial charge on any atom is -0.481 e. The smallest absolute Gasteiger partial charge is 0.410 e. The molecule has 6 fully saturated rings. The van der Waals surface area contributed by atoms with Crippen molar-refractivity contribution in [3.05, 3.63) is 12.2 Å². The summed E-state index contributed by atoms with van der Waals surface area (Å²) in [4.78, 5) is 66.7. The summed E-state index contributed by atoms with van der Waals surface area (Å²) < 4.78 is 11.7. The summed E-state index contributed by atoms with van der Waals surface area (Å²) in [6.07, 6.45) is 17.2. The quantitative estimate of drug-likeness (QED) is 0.0787. The van der Waals surface area contributed by atoms with E-state index >= 15 is 0 Å². The van der Waals surface area contributed by atoms with E-state index in [0.717, 1.165) is 109 Å². The average molecular weight is 908 g/mol. The number of likely N-dealkylation sites (tertiary alicyclic amines) is 1. The number of ether oxygens (including phenoxy) is 2. The normalized spacial score (nSPS) is 36.3. The fourth-order valence-electron chi connectivity index (χ4n) is 15.6. The van der Waals surface area contributed by atoms with Gasteiger partial charge in [-0.05, 0) is 177 Å². The number of unbranched alkanes of at least 4 members (excludes halogenated alkanes) is 5. The van der Waals surface area contributed by atoms with E-state index in [-0.39, 0.29) is 51.4 Å². The highest BCUT2D eigenvalue weighted by Gasteiger charge is 2.72. The molecule has 1 unspecified atom stereocenters. The molecular weight excluding hydrogens is 819 g/mol. The second-order valence-electron chi connectivity index (χ2n) is 25.0. The monoisotopic (exact) mass is 908 g/mol. The second-order valence-corrected chi connectivity index (χ2v) is 25.0. The number of carbonyl (C=O) groups is 5. The van der Waals surface area contributed by atoms with Crippen LogP contribution in [0.25, 0.3) is 0 Å². The molecular formula is C54H89N3O8. The summed E-state index contributed by atoms with van der Waals surface area (Å²) >= 11 is 0. The van der Waals surface area contributed by atoms with Crippen molar-refractivity contribution in [2.45, 2.75) is 216 Å². The Morgan fingerprint density at radius 3 is 2.02 bits per heavy atom. The molecule has 1 aliphatic heterocycles. The highest BCUT2D eigenvalue weighted by atomic mass is 16.6. The largest absolute Gasteiger partial charge is 0.481 e. The van der Waals surface area contributed by atoms with E-state index in [1.165, 1.54) is 5.57 Å². The fourth-order valence-corrected chi connectivity index (χ4v) is 15.6. The maximum absolute atomic E-state index is 14.6. The Bertz CT molecular complexity index is 1800. The summed E-state index contributed by atoms with van der Waals surface area (Å²) in [7, 11) is 0. The van der Waals surface area contributed by atoms with Gasteiger partial charge in [0.2, 0.25) is 11.8 Å². The molecule has 0 aromatic carbocycles. The van der Waals surface area contributed by atoms with Crippen LogP contribution < -0.4 is 10.6 Å². The lowest BCUT2D eigenvalue weighted by atomic mass is 9.32. The summed E-state index contributed by atoms with van der Waals surface area (Å²) in [6, 6.07) is -0.453. The third-order valence-corrected chi connectivity index (χ3v) is 19.3. The van der Waals surface area contributed by atoms with Crippen LogP contribution in [0.15, 0.2) is 12.2 Å². The lowest BCUT2D eigenvalue weighted by Crippen LogP contribution is -2.67. The molecule has 0 bridgehead atoms. The van der Waals surface area contributed by atoms with Crippen LogP contribution in [0.1, 0.15) is 198 Å². The maximum Gasteiger partial charge on any atom is 0.410 e. The summed E-state index contributed by atoms with van der Waals surface area (Å²) in [6.45, 7) is 29.7. The topological polar surface area (TPSA) is 151 Å².